The Balaban J connectivity index is 1.53. The van der Waals surface area contributed by atoms with Crippen LogP contribution in [0.3, 0.4) is 0 Å². The summed E-state index contributed by atoms with van der Waals surface area (Å²) < 4.78 is 0. The minimum atomic E-state index is -0.0858. The maximum absolute atomic E-state index is 12.0. The van der Waals surface area contributed by atoms with Gasteiger partial charge in [0, 0.05) is 17.9 Å². The van der Waals surface area contributed by atoms with Crippen LogP contribution >= 0.6 is 22.9 Å². The van der Waals surface area contributed by atoms with Gasteiger partial charge in [-0.25, -0.2) is 0 Å². The molecule has 0 bridgehead atoms. The number of aromatic nitrogens is 2. The van der Waals surface area contributed by atoms with Gasteiger partial charge in [0.25, 0.3) is 0 Å². The number of hydrogen-bond donors (Lipinski definition) is 1. The van der Waals surface area contributed by atoms with Gasteiger partial charge in [0.05, 0.1) is 0 Å². The zero-order chi connectivity index (χ0) is 16.8. The first kappa shape index (κ1) is 16.6. The van der Waals surface area contributed by atoms with E-state index >= 15 is 0 Å². The molecular weight excluding hydrogens is 342 g/mol. The molecule has 6 heteroatoms. The van der Waals surface area contributed by atoms with Gasteiger partial charge in [0.2, 0.25) is 11.0 Å². The molecule has 1 heterocycles. The zero-order valence-corrected chi connectivity index (χ0v) is 14.5. The Bertz CT molecular complexity index is 820. The Hall–Kier alpha value is -2.24. The maximum atomic E-state index is 12.0. The van der Waals surface area contributed by atoms with Crippen LogP contribution in [0.4, 0.5) is 5.13 Å². The van der Waals surface area contributed by atoms with E-state index in [-0.39, 0.29) is 5.91 Å². The first-order chi connectivity index (χ1) is 11.7. The summed E-state index contributed by atoms with van der Waals surface area (Å²) >= 11 is 7.50. The van der Waals surface area contributed by atoms with Crippen molar-refractivity contribution in [1.82, 2.24) is 10.2 Å². The number of halogens is 1. The first-order valence-electron chi connectivity index (χ1n) is 7.60. The van der Waals surface area contributed by atoms with Gasteiger partial charge in [0.1, 0.15) is 5.01 Å². The molecule has 0 fully saturated rings. The number of nitrogens with zero attached hydrogens (tertiary/aromatic N) is 2. The number of benzene rings is 2. The van der Waals surface area contributed by atoms with E-state index < -0.39 is 0 Å². The summed E-state index contributed by atoms with van der Waals surface area (Å²) in [4.78, 5) is 12.0. The van der Waals surface area contributed by atoms with Crippen molar-refractivity contribution in [2.75, 3.05) is 5.32 Å². The van der Waals surface area contributed by atoms with E-state index in [2.05, 4.69) is 15.5 Å². The van der Waals surface area contributed by atoms with Crippen molar-refractivity contribution >= 4 is 34.0 Å². The molecular formula is C18H16ClN3OS. The third kappa shape index (κ3) is 4.63. The van der Waals surface area contributed by atoms with Crippen LogP contribution in [0.1, 0.15) is 22.6 Å². The molecule has 0 aliphatic rings. The lowest BCUT2D eigenvalue weighted by molar-refractivity contribution is -0.116. The summed E-state index contributed by atoms with van der Waals surface area (Å²) in [5, 5.41) is 13.1. The fourth-order valence-corrected chi connectivity index (χ4v) is 3.30. The molecule has 1 aromatic heterocycles. The van der Waals surface area contributed by atoms with Crippen molar-refractivity contribution in [1.29, 1.82) is 0 Å². The Morgan fingerprint density at radius 1 is 1.04 bits per heavy atom. The van der Waals surface area contributed by atoms with Gasteiger partial charge in [-0.3, -0.25) is 4.79 Å². The molecule has 0 saturated heterocycles. The van der Waals surface area contributed by atoms with E-state index in [9.17, 15) is 4.79 Å². The highest BCUT2D eigenvalue weighted by atomic mass is 35.5. The van der Waals surface area contributed by atoms with Crippen molar-refractivity contribution < 1.29 is 4.79 Å². The Morgan fingerprint density at radius 2 is 1.79 bits per heavy atom. The topological polar surface area (TPSA) is 54.9 Å². The Labute approximate surface area is 149 Å². The van der Waals surface area contributed by atoms with Crippen molar-refractivity contribution in [3.8, 4) is 0 Å². The summed E-state index contributed by atoms with van der Waals surface area (Å²) in [5.74, 6) is -0.0858. The minimum absolute atomic E-state index is 0.0858. The van der Waals surface area contributed by atoms with Crippen molar-refractivity contribution in [2.45, 2.75) is 19.3 Å². The quantitative estimate of drug-likeness (QED) is 0.713. The van der Waals surface area contributed by atoms with Crippen LogP contribution in [-0.2, 0) is 17.6 Å². The van der Waals surface area contributed by atoms with Crippen LogP contribution in [0.15, 0.2) is 54.6 Å². The molecule has 0 unspecified atom stereocenters. The number of amides is 1. The van der Waals surface area contributed by atoms with Gasteiger partial charge in [-0.05, 0) is 23.6 Å². The largest absolute Gasteiger partial charge is 0.301 e. The molecule has 122 valence electrons. The smallest absolute Gasteiger partial charge is 0.226 e. The fourth-order valence-electron chi connectivity index (χ4n) is 2.28. The summed E-state index contributed by atoms with van der Waals surface area (Å²) in [6, 6.07) is 17.6. The highest BCUT2D eigenvalue weighted by Crippen LogP contribution is 2.20. The van der Waals surface area contributed by atoms with Crippen molar-refractivity contribution in [2.24, 2.45) is 0 Å². The second-order valence-electron chi connectivity index (χ2n) is 5.30. The van der Waals surface area contributed by atoms with E-state index in [1.807, 2.05) is 54.6 Å². The van der Waals surface area contributed by atoms with Gasteiger partial charge in [-0.1, -0.05) is 71.5 Å². The lowest BCUT2D eigenvalue weighted by Gasteiger charge is -2.03. The molecule has 4 nitrogen and oxygen atoms in total. The fraction of sp³-hybridized carbons (Fsp3) is 0.167. The van der Waals surface area contributed by atoms with E-state index in [0.717, 1.165) is 10.6 Å². The molecule has 0 spiro atoms. The second-order valence-corrected chi connectivity index (χ2v) is 6.77. The molecule has 0 aliphatic heterocycles. The number of hydrogen-bond acceptors (Lipinski definition) is 4. The van der Waals surface area contributed by atoms with E-state index in [4.69, 9.17) is 11.6 Å². The molecule has 0 aliphatic carbocycles. The monoisotopic (exact) mass is 357 g/mol. The molecule has 3 rings (SSSR count). The standard InChI is InChI=1S/C18H16ClN3OS/c19-15-9-5-4-8-14(15)10-11-16(23)20-18-22-21-17(24-18)12-13-6-2-1-3-7-13/h1-9H,10-12H2,(H,20,22,23). The highest BCUT2D eigenvalue weighted by molar-refractivity contribution is 7.15. The number of carbonyl (C=O) groups excluding carboxylic acids is 1. The number of aryl methyl sites for hydroxylation is 1. The van der Waals surface area contributed by atoms with E-state index in [1.54, 1.807) is 0 Å². The first-order valence-corrected chi connectivity index (χ1v) is 8.80. The van der Waals surface area contributed by atoms with Crippen LogP contribution in [0.25, 0.3) is 0 Å². The lowest BCUT2D eigenvalue weighted by Crippen LogP contribution is -2.12. The van der Waals surface area contributed by atoms with Gasteiger partial charge in [-0.15, -0.1) is 10.2 Å². The van der Waals surface area contributed by atoms with E-state index in [1.165, 1.54) is 16.9 Å². The van der Waals surface area contributed by atoms with Crippen LogP contribution in [-0.4, -0.2) is 16.1 Å². The van der Waals surface area contributed by atoms with Gasteiger partial charge in [0.15, 0.2) is 0 Å². The Morgan fingerprint density at radius 3 is 2.58 bits per heavy atom. The predicted molar refractivity (Wildman–Crippen MR) is 97.6 cm³/mol. The SMILES string of the molecule is O=C(CCc1ccccc1Cl)Nc1nnc(Cc2ccccc2)s1. The average molecular weight is 358 g/mol. The van der Waals surface area contributed by atoms with Crippen LogP contribution in [0.5, 0.6) is 0 Å². The normalized spacial score (nSPS) is 10.5. The number of rotatable bonds is 6. The molecule has 0 radical (unpaired) electrons. The maximum Gasteiger partial charge on any atom is 0.226 e. The molecule has 0 atom stereocenters. The van der Waals surface area contributed by atoms with Gasteiger partial charge < -0.3 is 5.32 Å². The summed E-state index contributed by atoms with van der Waals surface area (Å²) in [6.45, 7) is 0. The molecule has 24 heavy (non-hydrogen) atoms. The molecule has 2 aromatic carbocycles. The molecule has 1 amide bonds. The third-order valence-electron chi connectivity index (χ3n) is 3.49. The zero-order valence-electron chi connectivity index (χ0n) is 12.9. The van der Waals surface area contributed by atoms with Crippen LogP contribution in [0.2, 0.25) is 5.02 Å². The average Bonchev–Trinajstić information content (AvgIpc) is 3.02. The minimum Gasteiger partial charge on any atom is -0.301 e. The predicted octanol–water partition coefficient (Wildman–Crippen LogP) is 4.35. The molecule has 1 N–H and O–H groups in total. The van der Waals surface area contributed by atoms with Crippen LogP contribution < -0.4 is 5.32 Å². The Kier molecular flexibility index (Phi) is 5.56. The summed E-state index contributed by atoms with van der Waals surface area (Å²) in [7, 11) is 0. The molecule has 3 aromatic rings. The van der Waals surface area contributed by atoms with Crippen LogP contribution in [0, 0.1) is 0 Å². The lowest BCUT2D eigenvalue weighted by atomic mass is 10.1. The van der Waals surface area contributed by atoms with Crippen molar-refractivity contribution in [3.63, 3.8) is 0 Å². The van der Waals surface area contributed by atoms with Gasteiger partial charge in [-0.2, -0.15) is 0 Å². The van der Waals surface area contributed by atoms with Gasteiger partial charge >= 0.3 is 0 Å². The molecule has 0 saturated carbocycles. The van der Waals surface area contributed by atoms with Crippen molar-refractivity contribution in [3.05, 3.63) is 75.8 Å². The number of anilines is 1. The summed E-state index contributed by atoms with van der Waals surface area (Å²) in [5.41, 5.74) is 2.14. The summed E-state index contributed by atoms with van der Waals surface area (Å²) in [6.07, 6.45) is 1.67. The number of carbonyl (C=O) groups is 1. The van der Waals surface area contributed by atoms with E-state index in [0.29, 0.717) is 29.4 Å². The third-order valence-corrected chi connectivity index (χ3v) is 4.70. The number of nitrogens with one attached hydrogen (secondary N) is 1. The highest BCUT2D eigenvalue weighted by Gasteiger charge is 2.10. The second kappa shape index (κ2) is 8.04.